The maximum atomic E-state index is 12.8. The van der Waals surface area contributed by atoms with E-state index in [9.17, 15) is 8.42 Å². The van der Waals surface area contributed by atoms with Crippen LogP contribution in [0.4, 0.5) is 5.69 Å². The number of hydrogen-bond donors (Lipinski definition) is 1. The number of hydrogen-bond acceptors (Lipinski definition) is 3. The van der Waals surface area contributed by atoms with E-state index in [0.29, 0.717) is 5.69 Å². The Balaban J connectivity index is 2.04. The van der Waals surface area contributed by atoms with E-state index in [1.54, 1.807) is 37.4 Å². The maximum Gasteiger partial charge on any atom is 0.261 e. The van der Waals surface area contributed by atoms with Crippen molar-refractivity contribution in [2.75, 3.05) is 11.8 Å². The monoisotopic (exact) mass is 367 g/mol. The number of benzene rings is 3. The zero-order valence-electron chi connectivity index (χ0n) is 15.0. The number of rotatable bonds is 5. The highest BCUT2D eigenvalue weighted by molar-refractivity contribution is 7.92. The molecular formula is C21H21NO3S. The standard InChI is InChI=1S/C21H21NO3S/c1-15-7-10-19(11-8-15)26(23,24)22-21-12-9-16(2)13-20(21)17-5-4-6-18(14-17)25-3/h4-14,22H,1-3H3. The van der Waals surface area contributed by atoms with Crippen LogP contribution < -0.4 is 9.46 Å². The van der Waals surface area contributed by atoms with Gasteiger partial charge in [0.2, 0.25) is 0 Å². The van der Waals surface area contributed by atoms with Crippen LogP contribution in [0.25, 0.3) is 11.1 Å². The van der Waals surface area contributed by atoms with Gasteiger partial charge in [0.1, 0.15) is 5.75 Å². The van der Waals surface area contributed by atoms with Gasteiger partial charge in [-0.3, -0.25) is 4.72 Å². The van der Waals surface area contributed by atoms with Crippen LogP contribution in [0.5, 0.6) is 5.75 Å². The number of methoxy groups -OCH3 is 1. The first-order chi connectivity index (χ1) is 12.4. The van der Waals surface area contributed by atoms with E-state index in [4.69, 9.17) is 4.74 Å². The Hall–Kier alpha value is -2.79. The molecule has 3 aromatic rings. The molecule has 0 bridgehead atoms. The first kappa shape index (κ1) is 18.0. The van der Waals surface area contributed by atoms with Crippen molar-refractivity contribution in [2.24, 2.45) is 0 Å². The number of aryl methyl sites for hydroxylation is 2. The zero-order valence-corrected chi connectivity index (χ0v) is 15.8. The molecule has 0 unspecified atom stereocenters. The lowest BCUT2D eigenvalue weighted by atomic mass is 10.0. The SMILES string of the molecule is COc1cccc(-c2cc(C)ccc2NS(=O)(=O)c2ccc(C)cc2)c1. The van der Waals surface area contributed by atoms with Crippen LogP contribution >= 0.6 is 0 Å². The number of ether oxygens (including phenoxy) is 1. The molecule has 0 saturated heterocycles. The van der Waals surface area contributed by atoms with Crippen molar-refractivity contribution in [3.63, 3.8) is 0 Å². The van der Waals surface area contributed by atoms with Crippen molar-refractivity contribution in [3.05, 3.63) is 77.9 Å². The summed E-state index contributed by atoms with van der Waals surface area (Å²) in [5, 5.41) is 0. The molecule has 134 valence electrons. The van der Waals surface area contributed by atoms with Crippen molar-refractivity contribution in [1.82, 2.24) is 0 Å². The Kier molecular flexibility index (Phi) is 5.00. The molecular weight excluding hydrogens is 346 g/mol. The van der Waals surface area contributed by atoms with Crippen molar-refractivity contribution < 1.29 is 13.2 Å². The van der Waals surface area contributed by atoms with Gasteiger partial charge in [0.05, 0.1) is 17.7 Å². The van der Waals surface area contributed by atoms with E-state index in [1.807, 2.05) is 50.2 Å². The Morgan fingerprint density at radius 3 is 2.23 bits per heavy atom. The summed E-state index contributed by atoms with van der Waals surface area (Å²) in [5.41, 5.74) is 4.27. The fourth-order valence-electron chi connectivity index (χ4n) is 2.70. The van der Waals surface area contributed by atoms with Crippen LogP contribution in [-0.2, 0) is 10.0 Å². The number of nitrogens with one attached hydrogen (secondary N) is 1. The first-order valence-electron chi connectivity index (χ1n) is 8.23. The lowest BCUT2D eigenvalue weighted by Gasteiger charge is -2.14. The number of anilines is 1. The van der Waals surface area contributed by atoms with E-state index in [1.165, 1.54) is 0 Å². The van der Waals surface area contributed by atoms with E-state index < -0.39 is 10.0 Å². The second-order valence-corrected chi connectivity index (χ2v) is 7.88. The van der Waals surface area contributed by atoms with Crippen LogP contribution in [0.15, 0.2) is 71.6 Å². The molecule has 0 aliphatic rings. The fraction of sp³-hybridized carbons (Fsp3) is 0.143. The van der Waals surface area contributed by atoms with Gasteiger partial charge in [-0.05, 0) is 55.8 Å². The molecule has 3 rings (SSSR count). The molecule has 0 aromatic heterocycles. The summed E-state index contributed by atoms with van der Waals surface area (Å²) >= 11 is 0. The van der Waals surface area contributed by atoms with E-state index in [-0.39, 0.29) is 4.90 Å². The highest BCUT2D eigenvalue weighted by Gasteiger charge is 2.17. The normalized spacial score (nSPS) is 11.2. The molecule has 0 saturated carbocycles. The third-order valence-corrected chi connectivity index (χ3v) is 5.51. The minimum Gasteiger partial charge on any atom is -0.497 e. The first-order valence-corrected chi connectivity index (χ1v) is 9.72. The Bertz CT molecular complexity index is 1030. The summed E-state index contributed by atoms with van der Waals surface area (Å²) in [6.45, 7) is 3.90. The summed E-state index contributed by atoms with van der Waals surface area (Å²) < 4.78 is 33.5. The van der Waals surface area contributed by atoms with Crippen LogP contribution in [0.1, 0.15) is 11.1 Å². The molecule has 4 nitrogen and oxygen atoms in total. The smallest absolute Gasteiger partial charge is 0.261 e. The third kappa shape index (κ3) is 3.89. The molecule has 0 atom stereocenters. The highest BCUT2D eigenvalue weighted by Crippen LogP contribution is 2.32. The lowest BCUT2D eigenvalue weighted by Crippen LogP contribution is -2.13. The summed E-state index contributed by atoms with van der Waals surface area (Å²) in [7, 11) is -2.06. The molecule has 0 amide bonds. The molecule has 5 heteroatoms. The summed E-state index contributed by atoms with van der Waals surface area (Å²) in [6, 6.07) is 20.0. The second-order valence-electron chi connectivity index (χ2n) is 6.20. The Labute approximate surface area is 154 Å². The molecule has 0 heterocycles. The molecule has 0 spiro atoms. The molecule has 3 aromatic carbocycles. The topological polar surface area (TPSA) is 55.4 Å². The van der Waals surface area contributed by atoms with Gasteiger partial charge in [-0.25, -0.2) is 8.42 Å². The minimum atomic E-state index is -3.67. The molecule has 1 N–H and O–H groups in total. The molecule has 0 aliphatic heterocycles. The van der Waals surface area contributed by atoms with Crippen molar-refractivity contribution in [1.29, 1.82) is 0 Å². The fourth-order valence-corrected chi connectivity index (χ4v) is 3.78. The summed E-state index contributed by atoms with van der Waals surface area (Å²) in [5.74, 6) is 0.719. The Morgan fingerprint density at radius 1 is 0.846 bits per heavy atom. The van der Waals surface area contributed by atoms with Crippen LogP contribution in [0.3, 0.4) is 0 Å². The van der Waals surface area contributed by atoms with Gasteiger partial charge in [0, 0.05) is 5.56 Å². The highest BCUT2D eigenvalue weighted by atomic mass is 32.2. The predicted molar refractivity (Wildman–Crippen MR) is 105 cm³/mol. The van der Waals surface area contributed by atoms with Gasteiger partial charge in [-0.15, -0.1) is 0 Å². The van der Waals surface area contributed by atoms with Gasteiger partial charge in [-0.2, -0.15) is 0 Å². The van der Waals surface area contributed by atoms with Gasteiger partial charge in [0.15, 0.2) is 0 Å². The largest absolute Gasteiger partial charge is 0.497 e. The van der Waals surface area contributed by atoms with Gasteiger partial charge >= 0.3 is 0 Å². The molecule has 0 fully saturated rings. The Morgan fingerprint density at radius 2 is 1.54 bits per heavy atom. The second kappa shape index (κ2) is 7.22. The molecule has 26 heavy (non-hydrogen) atoms. The van der Waals surface area contributed by atoms with E-state index in [0.717, 1.165) is 28.0 Å². The van der Waals surface area contributed by atoms with Crippen molar-refractivity contribution in [2.45, 2.75) is 18.7 Å². The van der Waals surface area contributed by atoms with E-state index in [2.05, 4.69) is 4.72 Å². The third-order valence-electron chi connectivity index (χ3n) is 4.13. The van der Waals surface area contributed by atoms with Crippen LogP contribution in [-0.4, -0.2) is 15.5 Å². The summed E-state index contributed by atoms with van der Waals surface area (Å²) in [6.07, 6.45) is 0. The maximum absolute atomic E-state index is 12.8. The zero-order chi connectivity index (χ0) is 18.7. The molecule has 0 radical (unpaired) electrons. The lowest BCUT2D eigenvalue weighted by molar-refractivity contribution is 0.415. The summed E-state index contributed by atoms with van der Waals surface area (Å²) in [4.78, 5) is 0.236. The van der Waals surface area contributed by atoms with E-state index >= 15 is 0 Å². The van der Waals surface area contributed by atoms with Gasteiger partial charge in [0.25, 0.3) is 10.0 Å². The predicted octanol–water partition coefficient (Wildman–Crippen LogP) is 4.78. The average Bonchev–Trinajstić information content (AvgIpc) is 2.63. The minimum absolute atomic E-state index is 0.236. The molecule has 0 aliphatic carbocycles. The van der Waals surface area contributed by atoms with Gasteiger partial charge < -0.3 is 4.74 Å². The average molecular weight is 367 g/mol. The van der Waals surface area contributed by atoms with Crippen LogP contribution in [0, 0.1) is 13.8 Å². The van der Waals surface area contributed by atoms with Crippen LogP contribution in [0.2, 0.25) is 0 Å². The quantitative estimate of drug-likeness (QED) is 0.706. The van der Waals surface area contributed by atoms with Gasteiger partial charge in [-0.1, -0.05) is 41.5 Å². The number of sulfonamides is 1. The van der Waals surface area contributed by atoms with Crippen molar-refractivity contribution >= 4 is 15.7 Å². The van der Waals surface area contributed by atoms with Crippen molar-refractivity contribution in [3.8, 4) is 16.9 Å².